The first-order chi connectivity index (χ1) is 13.6. The van der Waals surface area contributed by atoms with E-state index in [0.717, 1.165) is 0 Å². The number of aromatic nitrogens is 2. The lowest BCUT2D eigenvalue weighted by molar-refractivity contribution is 0.0997. The first kappa shape index (κ1) is 17.4. The van der Waals surface area contributed by atoms with E-state index in [0.29, 0.717) is 28.4 Å². The van der Waals surface area contributed by atoms with Crippen LogP contribution in [0.5, 0.6) is 5.75 Å². The van der Waals surface area contributed by atoms with Gasteiger partial charge in [-0.1, -0.05) is 12.1 Å². The molecule has 0 unspecified atom stereocenters. The fourth-order valence-corrected chi connectivity index (χ4v) is 2.61. The van der Waals surface area contributed by atoms with Gasteiger partial charge in [-0.05, 0) is 48.5 Å². The molecule has 28 heavy (non-hydrogen) atoms. The largest absolute Gasteiger partial charge is 0.508 e. The summed E-state index contributed by atoms with van der Waals surface area (Å²) in [6.07, 6.45) is 2.93. The molecule has 1 amide bonds. The fraction of sp³-hybridized carbons (Fsp3) is 0. The molecule has 0 fully saturated rings. The van der Waals surface area contributed by atoms with Gasteiger partial charge in [0.1, 0.15) is 17.3 Å². The molecule has 0 saturated heterocycles. The summed E-state index contributed by atoms with van der Waals surface area (Å²) in [5, 5.41) is 12.2. The third kappa shape index (κ3) is 3.73. The molecule has 2 N–H and O–H groups in total. The van der Waals surface area contributed by atoms with Gasteiger partial charge in [0.05, 0.1) is 18.1 Å². The van der Waals surface area contributed by atoms with E-state index < -0.39 is 5.91 Å². The molecule has 4 rings (SSSR count). The minimum absolute atomic E-state index is 0.108. The van der Waals surface area contributed by atoms with Crippen LogP contribution in [0, 0.1) is 5.82 Å². The molecule has 6 nitrogen and oxygen atoms in total. The third-order valence-corrected chi connectivity index (χ3v) is 3.97. The van der Waals surface area contributed by atoms with Gasteiger partial charge < -0.3 is 14.8 Å². The van der Waals surface area contributed by atoms with Gasteiger partial charge in [0.25, 0.3) is 5.91 Å². The minimum atomic E-state index is -0.456. The molecule has 2 aromatic carbocycles. The van der Waals surface area contributed by atoms with Crippen LogP contribution in [-0.2, 0) is 0 Å². The van der Waals surface area contributed by atoms with E-state index in [1.807, 2.05) is 0 Å². The predicted molar refractivity (Wildman–Crippen MR) is 101 cm³/mol. The van der Waals surface area contributed by atoms with Gasteiger partial charge in [0.15, 0.2) is 11.6 Å². The molecule has 7 heteroatoms. The number of hydrogen-bond donors (Lipinski definition) is 2. The molecule has 4 aromatic rings. The van der Waals surface area contributed by atoms with Crippen LogP contribution >= 0.6 is 0 Å². The Kier molecular flexibility index (Phi) is 4.55. The van der Waals surface area contributed by atoms with Crippen LogP contribution in [0.25, 0.3) is 22.7 Å². The van der Waals surface area contributed by atoms with Crippen LogP contribution < -0.4 is 5.32 Å². The van der Waals surface area contributed by atoms with E-state index in [1.54, 1.807) is 42.5 Å². The standard InChI is InChI=1S/C21H14FN3O3/c22-15-6-4-13(5-7-15)18-8-9-19(28-18)21(27)25-16-11-23-20(24-12-16)14-2-1-3-17(26)10-14/h1-12,26H,(H,25,27). The Balaban J connectivity index is 1.47. The van der Waals surface area contributed by atoms with Crippen LogP contribution in [0.3, 0.4) is 0 Å². The van der Waals surface area contributed by atoms with Crippen molar-refractivity contribution in [3.63, 3.8) is 0 Å². The third-order valence-electron chi connectivity index (χ3n) is 3.97. The van der Waals surface area contributed by atoms with Crippen molar-refractivity contribution in [1.82, 2.24) is 9.97 Å². The zero-order valence-corrected chi connectivity index (χ0v) is 14.5. The number of phenolic OH excluding ortho intramolecular Hbond substituents is 1. The SMILES string of the molecule is O=C(Nc1cnc(-c2cccc(O)c2)nc1)c1ccc(-c2ccc(F)cc2)o1. The molecule has 0 bridgehead atoms. The van der Waals surface area contributed by atoms with Crippen molar-refractivity contribution in [2.24, 2.45) is 0 Å². The van der Waals surface area contributed by atoms with Gasteiger partial charge in [0.2, 0.25) is 0 Å². The highest BCUT2D eigenvalue weighted by Crippen LogP contribution is 2.23. The molecule has 0 aliphatic carbocycles. The fourth-order valence-electron chi connectivity index (χ4n) is 2.61. The first-order valence-corrected chi connectivity index (χ1v) is 8.37. The van der Waals surface area contributed by atoms with Crippen LogP contribution in [0.2, 0.25) is 0 Å². The van der Waals surface area contributed by atoms with Crippen molar-refractivity contribution >= 4 is 11.6 Å². The molecule has 2 aromatic heterocycles. The van der Waals surface area contributed by atoms with E-state index >= 15 is 0 Å². The summed E-state index contributed by atoms with van der Waals surface area (Å²) in [5.74, 6) is 0.306. The molecule has 138 valence electrons. The lowest BCUT2D eigenvalue weighted by atomic mass is 10.2. The predicted octanol–water partition coefficient (Wildman–Crippen LogP) is 4.50. The zero-order valence-electron chi connectivity index (χ0n) is 14.5. The van der Waals surface area contributed by atoms with Crippen LogP contribution in [0.1, 0.15) is 10.6 Å². The molecule has 0 spiro atoms. The highest BCUT2D eigenvalue weighted by atomic mass is 19.1. The maximum absolute atomic E-state index is 13.0. The number of rotatable bonds is 4. The number of carbonyl (C=O) groups excluding carboxylic acids is 1. The molecule has 0 aliphatic rings. The maximum atomic E-state index is 13.0. The molecular weight excluding hydrogens is 361 g/mol. The molecule has 0 saturated carbocycles. The zero-order chi connectivity index (χ0) is 19.5. The second-order valence-electron chi connectivity index (χ2n) is 5.97. The Morgan fingerprint density at radius 3 is 2.43 bits per heavy atom. The average Bonchev–Trinajstić information content (AvgIpc) is 3.19. The second kappa shape index (κ2) is 7.32. The summed E-state index contributed by atoms with van der Waals surface area (Å²) in [7, 11) is 0. The van der Waals surface area contributed by atoms with Crippen LogP contribution in [0.15, 0.2) is 77.5 Å². The number of phenols is 1. The summed E-state index contributed by atoms with van der Waals surface area (Å²) >= 11 is 0. The number of furan rings is 1. The van der Waals surface area contributed by atoms with E-state index in [-0.39, 0.29) is 17.3 Å². The van der Waals surface area contributed by atoms with Crippen molar-refractivity contribution in [3.05, 3.63) is 84.6 Å². The van der Waals surface area contributed by atoms with Gasteiger partial charge in [-0.2, -0.15) is 0 Å². The molecule has 2 heterocycles. The van der Waals surface area contributed by atoms with Gasteiger partial charge in [-0.3, -0.25) is 4.79 Å². The van der Waals surface area contributed by atoms with E-state index in [2.05, 4.69) is 15.3 Å². The Labute approximate surface area is 159 Å². The van der Waals surface area contributed by atoms with Crippen molar-refractivity contribution in [2.45, 2.75) is 0 Å². The van der Waals surface area contributed by atoms with Crippen LogP contribution in [-0.4, -0.2) is 21.0 Å². The van der Waals surface area contributed by atoms with Crippen LogP contribution in [0.4, 0.5) is 10.1 Å². The van der Waals surface area contributed by atoms with E-state index in [1.165, 1.54) is 30.6 Å². The van der Waals surface area contributed by atoms with Gasteiger partial charge in [0, 0.05) is 11.1 Å². The highest BCUT2D eigenvalue weighted by molar-refractivity contribution is 6.02. The van der Waals surface area contributed by atoms with Gasteiger partial charge in [-0.25, -0.2) is 14.4 Å². The minimum Gasteiger partial charge on any atom is -0.508 e. The second-order valence-corrected chi connectivity index (χ2v) is 5.97. The van der Waals surface area contributed by atoms with Crippen molar-refractivity contribution in [1.29, 1.82) is 0 Å². The maximum Gasteiger partial charge on any atom is 0.291 e. The van der Waals surface area contributed by atoms with Crippen molar-refractivity contribution in [3.8, 4) is 28.5 Å². The number of benzene rings is 2. The Hall–Kier alpha value is -4.00. The lowest BCUT2D eigenvalue weighted by Crippen LogP contribution is -2.11. The van der Waals surface area contributed by atoms with E-state index in [4.69, 9.17) is 4.42 Å². The summed E-state index contributed by atoms with van der Waals surface area (Å²) in [6.45, 7) is 0. The number of hydrogen-bond acceptors (Lipinski definition) is 5. The number of nitrogens with zero attached hydrogens (tertiary/aromatic N) is 2. The summed E-state index contributed by atoms with van der Waals surface area (Å²) < 4.78 is 18.6. The average molecular weight is 375 g/mol. The molecule has 0 atom stereocenters. The number of amides is 1. The molecule has 0 aliphatic heterocycles. The molecular formula is C21H14FN3O3. The van der Waals surface area contributed by atoms with Gasteiger partial charge in [-0.15, -0.1) is 0 Å². The summed E-state index contributed by atoms with van der Waals surface area (Å²) in [5.41, 5.74) is 1.72. The monoisotopic (exact) mass is 375 g/mol. The number of halogens is 1. The smallest absolute Gasteiger partial charge is 0.291 e. The summed E-state index contributed by atoms with van der Waals surface area (Å²) in [4.78, 5) is 20.7. The topological polar surface area (TPSA) is 88.2 Å². The number of carbonyl (C=O) groups is 1. The van der Waals surface area contributed by atoms with E-state index in [9.17, 15) is 14.3 Å². The highest BCUT2D eigenvalue weighted by Gasteiger charge is 2.13. The normalized spacial score (nSPS) is 10.6. The Bertz CT molecular complexity index is 1120. The number of aromatic hydroxyl groups is 1. The van der Waals surface area contributed by atoms with Crippen molar-refractivity contribution in [2.75, 3.05) is 5.32 Å². The number of nitrogens with one attached hydrogen (secondary N) is 1. The van der Waals surface area contributed by atoms with Crippen molar-refractivity contribution < 1.29 is 18.7 Å². The lowest BCUT2D eigenvalue weighted by Gasteiger charge is -2.04. The Morgan fingerprint density at radius 1 is 0.964 bits per heavy atom. The Morgan fingerprint density at radius 2 is 1.71 bits per heavy atom. The quantitative estimate of drug-likeness (QED) is 0.548. The van der Waals surface area contributed by atoms with Gasteiger partial charge >= 0.3 is 0 Å². The number of anilines is 1. The first-order valence-electron chi connectivity index (χ1n) is 8.37. The summed E-state index contributed by atoms with van der Waals surface area (Å²) in [6, 6.07) is 15.5. The molecule has 0 radical (unpaired) electrons.